The average Bonchev–Trinajstić information content (AvgIpc) is 3.46. The summed E-state index contributed by atoms with van der Waals surface area (Å²) in [5.41, 5.74) is 10.6. The number of likely N-dealkylation sites (N-methyl/N-ethyl adjacent to an activating group) is 1. The lowest BCUT2D eigenvalue weighted by Crippen LogP contribution is -2.69. The number of aliphatic imine (C=N–C) groups is 1. The zero-order valence-corrected chi connectivity index (χ0v) is 31.0. The van der Waals surface area contributed by atoms with E-state index in [1.807, 2.05) is 26.1 Å². The summed E-state index contributed by atoms with van der Waals surface area (Å²) in [5.74, 6) is -1.06. The third kappa shape index (κ3) is 8.12. The van der Waals surface area contributed by atoms with E-state index in [0.29, 0.717) is 49.5 Å². The van der Waals surface area contributed by atoms with Crippen LogP contribution in [0.2, 0.25) is 0 Å². The average molecular weight is 740 g/mol. The molecule has 4 aliphatic rings. The molecule has 1 saturated heterocycles. The number of hydrogen-bond donors (Lipinski definition) is 6. The molecule has 16 heteroatoms. The smallest absolute Gasteiger partial charge is 0.415 e. The van der Waals surface area contributed by atoms with Crippen LogP contribution in [-0.2, 0) is 35.8 Å². The first-order valence-electron chi connectivity index (χ1n) is 18.3. The Labute approximate surface area is 309 Å². The van der Waals surface area contributed by atoms with Gasteiger partial charge in [-0.15, -0.1) is 0 Å². The van der Waals surface area contributed by atoms with Crippen LogP contribution >= 0.6 is 0 Å². The highest BCUT2D eigenvalue weighted by Crippen LogP contribution is 2.61. The van der Waals surface area contributed by atoms with Gasteiger partial charge in [0, 0.05) is 50.0 Å². The summed E-state index contributed by atoms with van der Waals surface area (Å²) in [4.78, 5) is 68.9. The van der Waals surface area contributed by atoms with Crippen molar-refractivity contribution in [1.82, 2.24) is 20.9 Å². The fraction of sp³-hybridized carbons (Fsp3) is 0.622. The topological polar surface area (TPSA) is 237 Å². The zero-order valence-electron chi connectivity index (χ0n) is 31.0. The normalized spacial score (nSPS) is 25.9. The van der Waals surface area contributed by atoms with Gasteiger partial charge in [-0.2, -0.15) is 0 Å². The van der Waals surface area contributed by atoms with Gasteiger partial charge in [0.1, 0.15) is 11.5 Å². The van der Waals surface area contributed by atoms with Crippen molar-refractivity contribution in [3.05, 3.63) is 35.1 Å². The number of rotatable bonds is 16. The molecule has 1 aromatic rings. The van der Waals surface area contributed by atoms with Crippen molar-refractivity contribution in [2.45, 2.75) is 101 Å². The van der Waals surface area contributed by atoms with Gasteiger partial charge in [0.25, 0.3) is 0 Å². The predicted molar refractivity (Wildman–Crippen MR) is 194 cm³/mol. The Morgan fingerprint density at radius 2 is 1.94 bits per heavy atom. The lowest BCUT2D eigenvalue weighted by atomic mass is 9.54. The third-order valence-electron chi connectivity index (χ3n) is 11.1. The fourth-order valence-electron chi connectivity index (χ4n) is 8.36. The van der Waals surface area contributed by atoms with E-state index in [1.165, 1.54) is 6.92 Å². The van der Waals surface area contributed by atoms with Crippen molar-refractivity contribution < 1.29 is 43.3 Å². The van der Waals surface area contributed by atoms with Gasteiger partial charge in [0.2, 0.25) is 11.8 Å². The van der Waals surface area contributed by atoms with Crippen LogP contribution in [0, 0.1) is 5.92 Å². The van der Waals surface area contributed by atoms with E-state index in [-0.39, 0.29) is 74.4 Å². The maximum absolute atomic E-state index is 13.9. The first kappa shape index (κ1) is 39.5. The molecule has 0 aromatic heterocycles. The highest BCUT2D eigenvalue weighted by atomic mass is 16.6. The van der Waals surface area contributed by atoms with E-state index in [1.54, 1.807) is 18.1 Å². The Hall–Kier alpha value is -4.70. The molecular weight excluding hydrogens is 686 g/mol. The van der Waals surface area contributed by atoms with Crippen LogP contribution in [0.15, 0.2) is 29.0 Å². The molecule has 0 saturated carbocycles. The van der Waals surface area contributed by atoms with E-state index in [4.69, 9.17) is 25.7 Å². The number of hydrogen-bond acceptors (Lipinski definition) is 11. The van der Waals surface area contributed by atoms with Gasteiger partial charge in [-0.05, 0) is 77.1 Å². The number of Topliss-reactive ketones (excluding diaryl/α,β-unsaturated/α-hetero) is 2. The number of methoxy groups -OCH3 is 1. The number of guanidine groups is 1. The number of ether oxygens (including phenoxy) is 3. The number of ketones is 2. The second kappa shape index (κ2) is 16.5. The Balaban J connectivity index is 1.26. The molecule has 1 aromatic carbocycles. The van der Waals surface area contributed by atoms with Crippen LogP contribution in [0.1, 0.15) is 76.3 Å². The minimum Gasteiger partial charge on any atom is -0.493 e. The van der Waals surface area contributed by atoms with Crippen molar-refractivity contribution in [3.8, 4) is 11.5 Å². The van der Waals surface area contributed by atoms with Gasteiger partial charge < -0.3 is 51.6 Å². The minimum atomic E-state index is -1.23. The molecule has 8 N–H and O–H groups in total. The van der Waals surface area contributed by atoms with Gasteiger partial charge in [0.05, 0.1) is 37.1 Å². The van der Waals surface area contributed by atoms with Crippen LogP contribution in [0.3, 0.4) is 0 Å². The molecule has 0 unspecified atom stereocenters. The molecule has 0 bridgehead atoms. The SMILES string of the molecule is CN[C@@H]1Cc2ccc(OC)c3c2[C@@]2(C)[C@@H](O3)C(OC(=O)N3CCCC[C@@H]3CNC(=O)[C@H](CCCN=C(N)N)CC(=O)CNC(=O)CC(C)=O)=CC[C@@]12O. The van der Waals surface area contributed by atoms with Crippen molar-refractivity contribution >= 4 is 35.4 Å². The largest absolute Gasteiger partial charge is 0.493 e. The Morgan fingerprint density at radius 3 is 2.64 bits per heavy atom. The number of nitrogens with zero attached hydrogens (tertiary/aromatic N) is 2. The summed E-state index contributed by atoms with van der Waals surface area (Å²) in [5, 5.41) is 20.9. The third-order valence-corrected chi connectivity index (χ3v) is 11.1. The van der Waals surface area contributed by atoms with Crippen LogP contribution in [0.5, 0.6) is 11.5 Å². The molecule has 0 radical (unpaired) electrons. The number of nitrogens with one attached hydrogen (secondary N) is 3. The van der Waals surface area contributed by atoms with Crippen molar-refractivity contribution in [2.75, 3.05) is 40.3 Å². The predicted octanol–water partition coefficient (Wildman–Crippen LogP) is 0.708. The standard InChI is InChI=1S/C37H53N7O9/c1-21(45)16-29(47)42-20-25(46)17-23(8-7-14-41-34(38)39)33(48)43-19-24-9-5-6-15-44(24)35(49)52-27-12-13-37(50)28(40-3)18-22-10-11-26(51-4)31-30(22)36(37,2)32(27)53-31/h10-12,23-24,28,32,40,50H,5-9,13-20H2,1-4H3,(H,42,47)(H,43,48)(H4,38,39,41)/t23-,24-,28-,32+,36+,37-/m1/s1. The van der Waals surface area contributed by atoms with Crippen molar-refractivity contribution in [3.63, 3.8) is 0 Å². The van der Waals surface area contributed by atoms with E-state index in [0.717, 1.165) is 24.0 Å². The summed E-state index contributed by atoms with van der Waals surface area (Å²) in [6, 6.07) is 3.20. The van der Waals surface area contributed by atoms with E-state index < -0.39 is 35.0 Å². The first-order chi connectivity index (χ1) is 25.2. The Morgan fingerprint density at radius 1 is 1.17 bits per heavy atom. The lowest BCUT2D eigenvalue weighted by molar-refractivity contribution is -0.131. The van der Waals surface area contributed by atoms with Gasteiger partial charge >= 0.3 is 6.09 Å². The molecular formula is C37H53N7O9. The summed E-state index contributed by atoms with van der Waals surface area (Å²) in [7, 11) is 3.39. The quantitative estimate of drug-likeness (QED) is 0.0595. The molecule has 16 nitrogen and oxygen atoms in total. The molecule has 6 atom stereocenters. The summed E-state index contributed by atoms with van der Waals surface area (Å²) in [6.45, 7) is 3.74. The number of carbonyl (C=O) groups is 5. The summed E-state index contributed by atoms with van der Waals surface area (Å²) >= 11 is 0. The first-order valence-corrected chi connectivity index (χ1v) is 18.3. The number of piperidine rings is 1. The van der Waals surface area contributed by atoms with Crippen LogP contribution in [0.25, 0.3) is 0 Å². The number of benzene rings is 1. The molecule has 2 aliphatic heterocycles. The zero-order chi connectivity index (χ0) is 38.5. The second-order valence-electron chi connectivity index (χ2n) is 14.6. The number of likely N-dealkylation sites (tertiary alicyclic amines) is 1. The molecule has 5 rings (SSSR count). The number of carbonyl (C=O) groups excluding carboxylic acids is 5. The van der Waals surface area contributed by atoms with Crippen LogP contribution < -0.4 is 36.9 Å². The lowest BCUT2D eigenvalue weighted by Gasteiger charge is -2.54. The van der Waals surface area contributed by atoms with Crippen LogP contribution in [0.4, 0.5) is 4.79 Å². The molecule has 53 heavy (non-hydrogen) atoms. The number of aliphatic hydroxyl groups is 1. The van der Waals surface area contributed by atoms with E-state index in [9.17, 15) is 29.1 Å². The van der Waals surface area contributed by atoms with Gasteiger partial charge in [-0.1, -0.05) is 6.07 Å². The van der Waals surface area contributed by atoms with Crippen molar-refractivity contribution in [1.29, 1.82) is 0 Å². The highest BCUT2D eigenvalue weighted by Gasteiger charge is 2.67. The summed E-state index contributed by atoms with van der Waals surface area (Å²) in [6.07, 6.45) is 3.67. The van der Waals surface area contributed by atoms with Crippen molar-refractivity contribution in [2.24, 2.45) is 22.4 Å². The van der Waals surface area contributed by atoms with Gasteiger partial charge in [-0.3, -0.25) is 24.2 Å². The number of nitrogens with two attached hydrogens (primary N) is 2. The maximum atomic E-state index is 13.9. The monoisotopic (exact) mass is 739 g/mol. The molecule has 3 amide bonds. The fourth-order valence-corrected chi connectivity index (χ4v) is 8.36. The minimum absolute atomic E-state index is 0.0808. The highest BCUT2D eigenvalue weighted by molar-refractivity contribution is 5.98. The van der Waals surface area contributed by atoms with E-state index in [2.05, 4.69) is 20.9 Å². The van der Waals surface area contributed by atoms with Crippen LogP contribution in [-0.4, -0.2) is 110 Å². The maximum Gasteiger partial charge on any atom is 0.415 e. The van der Waals surface area contributed by atoms with E-state index >= 15 is 0 Å². The Bertz CT molecular complexity index is 1660. The molecule has 2 aliphatic carbocycles. The summed E-state index contributed by atoms with van der Waals surface area (Å²) < 4.78 is 18.3. The second-order valence-corrected chi connectivity index (χ2v) is 14.6. The molecule has 290 valence electrons. The Kier molecular flexibility index (Phi) is 12.3. The van der Waals surface area contributed by atoms with Gasteiger partial charge in [-0.25, -0.2) is 4.79 Å². The molecule has 0 spiro atoms. The molecule has 1 fully saturated rings. The molecule has 2 heterocycles. The number of amides is 3. The van der Waals surface area contributed by atoms with Gasteiger partial charge in [0.15, 0.2) is 29.3 Å².